The summed E-state index contributed by atoms with van der Waals surface area (Å²) < 4.78 is 5.34. The van der Waals surface area contributed by atoms with Gasteiger partial charge in [0.25, 0.3) is 5.91 Å². The number of ether oxygens (including phenoxy) is 1. The van der Waals surface area contributed by atoms with Crippen molar-refractivity contribution in [3.8, 4) is 0 Å². The molecule has 4 rings (SSSR count). The molecule has 6 heteroatoms. The number of para-hydroxylation sites is 2. The molecule has 1 aliphatic rings. The lowest BCUT2D eigenvalue weighted by Crippen LogP contribution is -2.32. The van der Waals surface area contributed by atoms with Gasteiger partial charge in [0, 0.05) is 19.5 Å². The first-order chi connectivity index (χ1) is 13.0. The highest BCUT2D eigenvalue weighted by molar-refractivity contribution is 7.99. The normalized spacial score (nSPS) is 12.3. The fourth-order valence-electron chi connectivity index (χ4n) is 3.08. The van der Waals surface area contributed by atoms with Crippen LogP contribution in [0.5, 0.6) is 0 Å². The van der Waals surface area contributed by atoms with Crippen LogP contribution in [-0.4, -0.2) is 18.5 Å². The summed E-state index contributed by atoms with van der Waals surface area (Å²) in [6.07, 6.45) is 0. The SMILES string of the molecule is Cc1cc(C(=O)OCC(=O)N2c3ccccc3Sc3ccccc32)c(C)s1. The van der Waals surface area contributed by atoms with Crippen LogP contribution in [0.15, 0.2) is 64.4 Å². The summed E-state index contributed by atoms with van der Waals surface area (Å²) in [4.78, 5) is 30.9. The molecule has 2 heterocycles. The van der Waals surface area contributed by atoms with Gasteiger partial charge in [-0.3, -0.25) is 9.69 Å². The molecule has 1 amide bonds. The topological polar surface area (TPSA) is 46.6 Å². The molecule has 27 heavy (non-hydrogen) atoms. The second-order valence-electron chi connectivity index (χ2n) is 6.17. The van der Waals surface area contributed by atoms with E-state index in [2.05, 4.69) is 0 Å². The largest absolute Gasteiger partial charge is 0.452 e. The second kappa shape index (κ2) is 7.21. The molecule has 0 unspecified atom stereocenters. The van der Waals surface area contributed by atoms with Crippen LogP contribution >= 0.6 is 23.1 Å². The van der Waals surface area contributed by atoms with Gasteiger partial charge >= 0.3 is 5.97 Å². The molecule has 0 aliphatic carbocycles. The zero-order valence-electron chi connectivity index (χ0n) is 14.9. The lowest BCUT2D eigenvalue weighted by Gasteiger charge is -2.30. The Morgan fingerprint density at radius 3 is 2.11 bits per heavy atom. The van der Waals surface area contributed by atoms with Crippen molar-refractivity contribution in [2.24, 2.45) is 0 Å². The number of esters is 1. The lowest BCUT2D eigenvalue weighted by molar-refractivity contribution is -0.121. The first kappa shape index (κ1) is 17.8. The van der Waals surface area contributed by atoms with E-state index in [4.69, 9.17) is 4.74 Å². The maximum atomic E-state index is 13.0. The molecular formula is C21H17NO3S2. The van der Waals surface area contributed by atoms with E-state index >= 15 is 0 Å². The van der Waals surface area contributed by atoms with Gasteiger partial charge in [0.1, 0.15) is 0 Å². The molecule has 0 saturated carbocycles. The Labute approximate surface area is 165 Å². The van der Waals surface area contributed by atoms with E-state index in [1.165, 1.54) is 0 Å². The van der Waals surface area contributed by atoms with E-state index in [-0.39, 0.29) is 12.5 Å². The quantitative estimate of drug-likeness (QED) is 0.561. The van der Waals surface area contributed by atoms with Gasteiger partial charge in [-0.2, -0.15) is 0 Å². The molecular weight excluding hydrogens is 378 g/mol. The molecule has 1 aliphatic heterocycles. The van der Waals surface area contributed by atoms with Crippen molar-refractivity contribution < 1.29 is 14.3 Å². The van der Waals surface area contributed by atoms with Crippen LogP contribution in [0, 0.1) is 13.8 Å². The van der Waals surface area contributed by atoms with Gasteiger partial charge in [-0.1, -0.05) is 36.0 Å². The highest BCUT2D eigenvalue weighted by Gasteiger charge is 2.28. The zero-order chi connectivity index (χ0) is 19.0. The highest BCUT2D eigenvalue weighted by Crippen LogP contribution is 2.47. The number of hydrogen-bond acceptors (Lipinski definition) is 5. The van der Waals surface area contributed by atoms with Crippen LogP contribution < -0.4 is 4.90 Å². The molecule has 0 atom stereocenters. The monoisotopic (exact) mass is 395 g/mol. The van der Waals surface area contributed by atoms with Gasteiger partial charge < -0.3 is 4.74 Å². The molecule has 0 bridgehead atoms. The molecule has 136 valence electrons. The lowest BCUT2D eigenvalue weighted by atomic mass is 10.2. The van der Waals surface area contributed by atoms with Gasteiger partial charge in [0.05, 0.1) is 16.9 Å². The summed E-state index contributed by atoms with van der Waals surface area (Å²) in [6.45, 7) is 3.52. The summed E-state index contributed by atoms with van der Waals surface area (Å²) >= 11 is 3.17. The minimum absolute atomic E-state index is 0.270. The number of anilines is 2. The van der Waals surface area contributed by atoms with Crippen molar-refractivity contribution in [1.29, 1.82) is 0 Å². The molecule has 0 radical (unpaired) electrons. The molecule has 0 N–H and O–H groups in total. The Morgan fingerprint density at radius 2 is 1.56 bits per heavy atom. The first-order valence-electron chi connectivity index (χ1n) is 8.47. The highest BCUT2D eigenvalue weighted by atomic mass is 32.2. The van der Waals surface area contributed by atoms with Crippen molar-refractivity contribution in [3.63, 3.8) is 0 Å². The van der Waals surface area contributed by atoms with E-state index in [9.17, 15) is 9.59 Å². The van der Waals surface area contributed by atoms with E-state index in [0.717, 1.165) is 30.9 Å². The summed E-state index contributed by atoms with van der Waals surface area (Å²) in [5.41, 5.74) is 2.15. The average Bonchev–Trinajstić information content (AvgIpc) is 3.02. The van der Waals surface area contributed by atoms with Gasteiger partial charge in [-0.25, -0.2) is 4.79 Å². The molecule has 0 saturated heterocycles. The molecule has 0 spiro atoms. The van der Waals surface area contributed by atoms with Gasteiger partial charge in [0.15, 0.2) is 6.61 Å². The maximum Gasteiger partial charge on any atom is 0.339 e. The minimum Gasteiger partial charge on any atom is -0.452 e. The third kappa shape index (κ3) is 3.38. The summed E-state index contributed by atoms with van der Waals surface area (Å²) in [6, 6.07) is 17.3. The zero-order valence-corrected chi connectivity index (χ0v) is 16.5. The second-order valence-corrected chi connectivity index (χ2v) is 8.71. The number of amides is 1. The molecule has 2 aromatic carbocycles. The Kier molecular flexibility index (Phi) is 4.76. The number of carbonyl (C=O) groups excluding carboxylic acids is 2. The maximum absolute atomic E-state index is 13.0. The number of fused-ring (bicyclic) bond motifs is 2. The standard InChI is InChI=1S/C21H17NO3S2/c1-13-11-15(14(2)26-13)21(24)25-12-20(23)22-16-7-3-5-9-18(16)27-19-10-6-4-8-17(19)22/h3-11H,12H2,1-2H3. The van der Waals surface area contributed by atoms with Gasteiger partial charge in [-0.05, 0) is 44.2 Å². The number of rotatable bonds is 3. The Morgan fingerprint density at radius 1 is 0.963 bits per heavy atom. The minimum atomic E-state index is -0.460. The Balaban J connectivity index is 1.59. The Bertz CT molecular complexity index is 996. The van der Waals surface area contributed by atoms with Crippen LogP contribution in [0.1, 0.15) is 20.1 Å². The predicted octanol–water partition coefficient (Wildman–Crippen LogP) is 5.35. The average molecular weight is 396 g/mol. The van der Waals surface area contributed by atoms with Crippen molar-refractivity contribution in [1.82, 2.24) is 0 Å². The molecule has 0 fully saturated rings. The number of hydrogen-bond donors (Lipinski definition) is 0. The number of benzene rings is 2. The van der Waals surface area contributed by atoms with Crippen molar-refractivity contribution >= 4 is 46.3 Å². The van der Waals surface area contributed by atoms with E-state index in [1.807, 2.05) is 62.4 Å². The number of thiophene rings is 1. The number of carbonyl (C=O) groups is 2. The van der Waals surface area contributed by atoms with Crippen LogP contribution in [-0.2, 0) is 9.53 Å². The van der Waals surface area contributed by atoms with Crippen molar-refractivity contribution in [3.05, 3.63) is 69.9 Å². The third-order valence-electron chi connectivity index (χ3n) is 4.27. The van der Waals surface area contributed by atoms with E-state index in [0.29, 0.717) is 5.56 Å². The molecule has 3 aromatic rings. The third-order valence-corrected chi connectivity index (χ3v) is 6.37. The summed E-state index contributed by atoms with van der Waals surface area (Å²) in [5.74, 6) is -0.730. The first-order valence-corrected chi connectivity index (χ1v) is 10.1. The van der Waals surface area contributed by atoms with E-state index < -0.39 is 5.97 Å². The smallest absolute Gasteiger partial charge is 0.339 e. The fraction of sp³-hybridized carbons (Fsp3) is 0.143. The van der Waals surface area contributed by atoms with E-state index in [1.54, 1.807) is 34.1 Å². The predicted molar refractivity (Wildman–Crippen MR) is 108 cm³/mol. The molecule has 4 nitrogen and oxygen atoms in total. The summed E-state index contributed by atoms with van der Waals surface area (Å²) in [5, 5.41) is 0. The van der Waals surface area contributed by atoms with Crippen LogP contribution in [0.2, 0.25) is 0 Å². The molecule has 1 aromatic heterocycles. The van der Waals surface area contributed by atoms with Gasteiger partial charge in [-0.15, -0.1) is 11.3 Å². The number of aryl methyl sites for hydroxylation is 2. The van der Waals surface area contributed by atoms with Crippen molar-refractivity contribution in [2.45, 2.75) is 23.6 Å². The Hall–Kier alpha value is -2.57. The number of nitrogens with zero attached hydrogens (tertiary/aromatic N) is 1. The van der Waals surface area contributed by atoms with Crippen LogP contribution in [0.3, 0.4) is 0 Å². The van der Waals surface area contributed by atoms with Crippen LogP contribution in [0.4, 0.5) is 11.4 Å². The summed E-state index contributed by atoms with van der Waals surface area (Å²) in [7, 11) is 0. The fourth-order valence-corrected chi connectivity index (χ4v) is 5.05. The van der Waals surface area contributed by atoms with Crippen molar-refractivity contribution in [2.75, 3.05) is 11.5 Å². The van der Waals surface area contributed by atoms with Crippen LogP contribution in [0.25, 0.3) is 0 Å². The van der Waals surface area contributed by atoms with Gasteiger partial charge in [0.2, 0.25) is 0 Å².